The molecule has 1 aromatic heterocycles. The van der Waals surface area contributed by atoms with E-state index in [4.69, 9.17) is 0 Å². The van der Waals surface area contributed by atoms with Crippen molar-refractivity contribution >= 4 is 0 Å². The lowest BCUT2D eigenvalue weighted by atomic mass is 9.98. The largest absolute Gasteiger partial charge is 0.306 e. The van der Waals surface area contributed by atoms with Crippen molar-refractivity contribution in [3.63, 3.8) is 0 Å². The number of nitrogens with zero attached hydrogens (tertiary/aromatic N) is 1. The number of benzene rings is 1. The zero-order valence-corrected chi connectivity index (χ0v) is 11.7. The van der Waals surface area contributed by atoms with Crippen LogP contribution in [0, 0.1) is 18.6 Å². The van der Waals surface area contributed by atoms with Gasteiger partial charge in [-0.15, -0.1) is 0 Å². The summed E-state index contributed by atoms with van der Waals surface area (Å²) in [5.41, 5.74) is 2.42. The quantitative estimate of drug-likeness (QED) is 0.899. The summed E-state index contributed by atoms with van der Waals surface area (Å²) in [5, 5.41) is 3.32. The molecule has 1 heterocycles. The molecule has 2 aromatic rings. The van der Waals surface area contributed by atoms with E-state index in [0.717, 1.165) is 30.3 Å². The summed E-state index contributed by atoms with van der Waals surface area (Å²) in [6.45, 7) is 4.71. The maximum Gasteiger partial charge on any atom is 0.126 e. The molecule has 0 aliphatic carbocycles. The third kappa shape index (κ3) is 3.61. The van der Waals surface area contributed by atoms with E-state index in [9.17, 15) is 8.78 Å². The van der Waals surface area contributed by atoms with Crippen LogP contribution in [0.3, 0.4) is 0 Å². The van der Waals surface area contributed by atoms with Crippen LogP contribution in [0.2, 0.25) is 0 Å². The first-order valence-corrected chi connectivity index (χ1v) is 6.72. The predicted octanol–water partition coefficient (Wildman–Crippen LogP) is 3.76. The van der Waals surface area contributed by atoms with E-state index in [2.05, 4.69) is 10.3 Å². The zero-order chi connectivity index (χ0) is 14.5. The number of hydrogen-bond donors (Lipinski definition) is 1. The smallest absolute Gasteiger partial charge is 0.126 e. The first-order chi connectivity index (χ1) is 9.60. The van der Waals surface area contributed by atoms with E-state index in [0.29, 0.717) is 5.56 Å². The molecule has 0 radical (unpaired) electrons. The Kier molecular flexibility index (Phi) is 4.79. The fourth-order valence-corrected chi connectivity index (χ4v) is 2.21. The second kappa shape index (κ2) is 6.57. The molecule has 0 saturated carbocycles. The molecule has 1 atom stereocenters. The monoisotopic (exact) mass is 276 g/mol. The Labute approximate surface area is 117 Å². The van der Waals surface area contributed by atoms with Gasteiger partial charge in [-0.05, 0) is 55.3 Å². The van der Waals surface area contributed by atoms with Gasteiger partial charge < -0.3 is 5.32 Å². The molecule has 0 spiro atoms. The first-order valence-electron chi connectivity index (χ1n) is 6.72. The van der Waals surface area contributed by atoms with Crippen molar-refractivity contribution in [1.82, 2.24) is 10.3 Å². The lowest BCUT2D eigenvalue weighted by molar-refractivity contribution is 0.558. The first kappa shape index (κ1) is 14.6. The highest BCUT2D eigenvalue weighted by Crippen LogP contribution is 2.24. The van der Waals surface area contributed by atoms with E-state index in [1.807, 2.05) is 26.0 Å². The molecular formula is C16H18F2N2. The fraction of sp³-hybridized carbons (Fsp3) is 0.312. The summed E-state index contributed by atoms with van der Waals surface area (Å²) < 4.78 is 26.9. The SMILES string of the molecule is CCCNC(c1cc(F)cc(F)c1)c1ccnc(C)c1. The van der Waals surface area contributed by atoms with Gasteiger partial charge >= 0.3 is 0 Å². The van der Waals surface area contributed by atoms with Gasteiger partial charge in [-0.3, -0.25) is 4.98 Å². The molecule has 0 saturated heterocycles. The Hall–Kier alpha value is -1.81. The van der Waals surface area contributed by atoms with Crippen LogP contribution in [0.4, 0.5) is 8.78 Å². The predicted molar refractivity (Wildman–Crippen MR) is 75.5 cm³/mol. The lowest BCUT2D eigenvalue weighted by Gasteiger charge is -2.20. The molecule has 1 aromatic carbocycles. The molecule has 1 unspecified atom stereocenters. The van der Waals surface area contributed by atoms with Crippen molar-refractivity contribution in [3.05, 3.63) is 65.0 Å². The number of aryl methyl sites for hydroxylation is 1. The van der Waals surface area contributed by atoms with E-state index >= 15 is 0 Å². The number of halogens is 2. The summed E-state index contributed by atoms with van der Waals surface area (Å²) >= 11 is 0. The fourth-order valence-electron chi connectivity index (χ4n) is 2.21. The maximum atomic E-state index is 13.4. The van der Waals surface area contributed by atoms with Gasteiger partial charge in [0.1, 0.15) is 11.6 Å². The Morgan fingerprint density at radius 2 is 1.80 bits per heavy atom. The van der Waals surface area contributed by atoms with Crippen LogP contribution in [0.25, 0.3) is 0 Å². The van der Waals surface area contributed by atoms with Gasteiger partial charge in [0.05, 0.1) is 6.04 Å². The lowest BCUT2D eigenvalue weighted by Crippen LogP contribution is -2.23. The van der Waals surface area contributed by atoms with Crippen LogP contribution in [0.5, 0.6) is 0 Å². The van der Waals surface area contributed by atoms with Crippen molar-refractivity contribution in [2.24, 2.45) is 0 Å². The van der Waals surface area contributed by atoms with Crippen LogP contribution in [-0.4, -0.2) is 11.5 Å². The van der Waals surface area contributed by atoms with Gasteiger partial charge in [0.25, 0.3) is 0 Å². The third-order valence-corrected chi connectivity index (χ3v) is 3.07. The Bertz CT molecular complexity index is 564. The van der Waals surface area contributed by atoms with E-state index < -0.39 is 11.6 Å². The van der Waals surface area contributed by atoms with E-state index in [1.165, 1.54) is 12.1 Å². The average Bonchev–Trinajstić information content (AvgIpc) is 2.38. The summed E-state index contributed by atoms with van der Waals surface area (Å²) in [6, 6.07) is 7.18. The number of aromatic nitrogens is 1. The Morgan fingerprint density at radius 1 is 1.10 bits per heavy atom. The van der Waals surface area contributed by atoms with Crippen molar-refractivity contribution in [3.8, 4) is 0 Å². The van der Waals surface area contributed by atoms with Gasteiger partial charge in [0, 0.05) is 18.0 Å². The molecule has 1 N–H and O–H groups in total. The second-order valence-electron chi connectivity index (χ2n) is 4.82. The number of rotatable bonds is 5. The minimum Gasteiger partial charge on any atom is -0.306 e. The molecule has 20 heavy (non-hydrogen) atoms. The highest BCUT2D eigenvalue weighted by atomic mass is 19.1. The number of nitrogens with one attached hydrogen (secondary N) is 1. The molecule has 0 bridgehead atoms. The normalized spacial score (nSPS) is 12.4. The molecule has 0 aliphatic heterocycles. The van der Waals surface area contributed by atoms with Gasteiger partial charge in [-0.2, -0.15) is 0 Å². The summed E-state index contributed by atoms with van der Waals surface area (Å²) in [6.07, 6.45) is 2.65. The Morgan fingerprint density at radius 3 is 2.40 bits per heavy atom. The number of hydrogen-bond acceptors (Lipinski definition) is 2. The van der Waals surface area contributed by atoms with Crippen molar-refractivity contribution in [1.29, 1.82) is 0 Å². The third-order valence-electron chi connectivity index (χ3n) is 3.07. The molecule has 0 fully saturated rings. The standard InChI is InChI=1S/C16H18F2N2/c1-3-5-20-16(12-4-6-19-11(2)7-12)13-8-14(17)10-15(18)9-13/h4,6-10,16,20H,3,5H2,1-2H3. The Balaban J connectivity index is 2.41. The average molecular weight is 276 g/mol. The van der Waals surface area contributed by atoms with Crippen LogP contribution >= 0.6 is 0 Å². The van der Waals surface area contributed by atoms with Crippen LogP contribution in [0.15, 0.2) is 36.5 Å². The zero-order valence-electron chi connectivity index (χ0n) is 11.7. The minimum atomic E-state index is -0.561. The van der Waals surface area contributed by atoms with Crippen molar-refractivity contribution in [2.75, 3.05) is 6.54 Å². The maximum absolute atomic E-state index is 13.4. The number of pyridine rings is 1. The second-order valence-corrected chi connectivity index (χ2v) is 4.82. The van der Waals surface area contributed by atoms with Gasteiger partial charge in [-0.25, -0.2) is 8.78 Å². The van der Waals surface area contributed by atoms with Gasteiger partial charge in [0.15, 0.2) is 0 Å². The topological polar surface area (TPSA) is 24.9 Å². The van der Waals surface area contributed by atoms with Crippen LogP contribution in [0.1, 0.15) is 36.2 Å². The van der Waals surface area contributed by atoms with Crippen molar-refractivity contribution < 1.29 is 8.78 Å². The summed E-state index contributed by atoms with van der Waals surface area (Å²) in [7, 11) is 0. The van der Waals surface area contributed by atoms with Gasteiger partial charge in [-0.1, -0.05) is 6.92 Å². The molecule has 4 heteroatoms. The molecule has 106 valence electrons. The van der Waals surface area contributed by atoms with Crippen LogP contribution < -0.4 is 5.32 Å². The molecular weight excluding hydrogens is 258 g/mol. The highest BCUT2D eigenvalue weighted by molar-refractivity contribution is 5.32. The molecule has 2 rings (SSSR count). The van der Waals surface area contributed by atoms with E-state index in [-0.39, 0.29) is 6.04 Å². The molecule has 0 aliphatic rings. The summed E-state index contributed by atoms with van der Waals surface area (Å²) in [5.74, 6) is -1.12. The van der Waals surface area contributed by atoms with E-state index in [1.54, 1.807) is 6.20 Å². The molecule has 2 nitrogen and oxygen atoms in total. The molecule has 0 amide bonds. The van der Waals surface area contributed by atoms with Crippen molar-refractivity contribution in [2.45, 2.75) is 26.3 Å². The van der Waals surface area contributed by atoms with Gasteiger partial charge in [0.2, 0.25) is 0 Å². The highest BCUT2D eigenvalue weighted by Gasteiger charge is 2.15. The minimum absolute atomic E-state index is 0.234. The summed E-state index contributed by atoms with van der Waals surface area (Å²) in [4.78, 5) is 4.16. The van der Waals surface area contributed by atoms with Crippen LogP contribution in [-0.2, 0) is 0 Å².